The summed E-state index contributed by atoms with van der Waals surface area (Å²) in [7, 11) is 0. The minimum atomic E-state index is -0.162. The van der Waals surface area contributed by atoms with Crippen LogP contribution in [-0.2, 0) is 19.4 Å². The Morgan fingerprint density at radius 1 is 1.11 bits per heavy atom. The molecular formula is C23H30N2O3. The summed E-state index contributed by atoms with van der Waals surface area (Å²) in [6.07, 6.45) is 8.05. The van der Waals surface area contributed by atoms with Crippen molar-refractivity contribution in [3.05, 3.63) is 51.4 Å². The highest BCUT2D eigenvalue weighted by molar-refractivity contribution is 5.30. The molecule has 1 aromatic carbocycles. The van der Waals surface area contributed by atoms with Gasteiger partial charge in [-0.05, 0) is 49.3 Å². The molecule has 0 spiro atoms. The van der Waals surface area contributed by atoms with Gasteiger partial charge in [0.1, 0.15) is 12.4 Å². The van der Waals surface area contributed by atoms with Gasteiger partial charge in [-0.25, -0.2) is 0 Å². The van der Waals surface area contributed by atoms with Crippen LogP contribution in [0.5, 0.6) is 11.8 Å². The molecule has 150 valence electrons. The maximum atomic E-state index is 12.2. The molecule has 0 saturated heterocycles. The molecule has 5 nitrogen and oxygen atoms in total. The van der Waals surface area contributed by atoms with E-state index in [-0.39, 0.29) is 11.7 Å². The van der Waals surface area contributed by atoms with Gasteiger partial charge in [-0.1, -0.05) is 45.2 Å². The second-order valence-electron chi connectivity index (χ2n) is 7.90. The van der Waals surface area contributed by atoms with Crippen molar-refractivity contribution >= 4 is 0 Å². The topological polar surface area (TPSA) is 53.4 Å². The predicted octanol–water partition coefficient (Wildman–Crippen LogP) is 4.26. The molecule has 1 aliphatic carbocycles. The molecule has 0 radical (unpaired) electrons. The Labute approximate surface area is 166 Å². The molecule has 2 heterocycles. The lowest BCUT2D eigenvalue weighted by molar-refractivity contribution is 0.143. The molecule has 1 aromatic heterocycles. The lowest BCUT2D eigenvalue weighted by atomic mass is 9.84. The Balaban J connectivity index is 1.38. The smallest absolute Gasteiger partial charge is 0.300 e. The highest BCUT2D eigenvalue weighted by atomic mass is 16.6. The van der Waals surface area contributed by atoms with E-state index in [2.05, 4.69) is 36.2 Å². The molecule has 1 saturated carbocycles. The van der Waals surface area contributed by atoms with Crippen LogP contribution in [0.1, 0.15) is 68.7 Å². The van der Waals surface area contributed by atoms with E-state index in [4.69, 9.17) is 9.47 Å². The van der Waals surface area contributed by atoms with Crippen LogP contribution in [0.2, 0.25) is 0 Å². The summed E-state index contributed by atoms with van der Waals surface area (Å²) in [5.41, 5.74) is 3.11. The average molecular weight is 383 g/mol. The third-order valence-corrected chi connectivity index (χ3v) is 6.10. The highest BCUT2D eigenvalue weighted by Gasteiger charge is 2.28. The molecule has 4 rings (SSSR count). The predicted molar refractivity (Wildman–Crippen MR) is 109 cm³/mol. The quantitative estimate of drug-likeness (QED) is 0.749. The molecule has 2 aromatic rings. The average Bonchev–Trinajstić information content (AvgIpc) is 3.14. The molecule has 0 unspecified atom stereocenters. The first-order valence-corrected chi connectivity index (χ1v) is 10.7. The molecule has 5 heteroatoms. The molecule has 28 heavy (non-hydrogen) atoms. The van der Waals surface area contributed by atoms with Gasteiger partial charge < -0.3 is 9.47 Å². The van der Waals surface area contributed by atoms with Crippen LogP contribution in [-0.4, -0.2) is 22.3 Å². The van der Waals surface area contributed by atoms with Gasteiger partial charge >= 0.3 is 0 Å². The standard InChI is InChI=1S/C23H30N2O3/c1-3-20-21(4-2)25-14-19(28-23(25)24-22(20)26)15-27-18-12-10-17(11-13-18)16-8-6-5-7-9-16/h10-13,16,19H,3-9,14-15H2,1-2H3/t19-/m0/s1. The fraction of sp³-hybridized carbons (Fsp3) is 0.565. The van der Waals surface area contributed by atoms with Gasteiger partial charge in [0.25, 0.3) is 11.6 Å². The third-order valence-electron chi connectivity index (χ3n) is 6.10. The van der Waals surface area contributed by atoms with E-state index < -0.39 is 0 Å². The SMILES string of the molecule is CCc1c(CC)n2c(nc1=O)O[C@H](COc1ccc(C3CCCCC3)cc1)C2. The molecule has 1 atom stereocenters. The van der Waals surface area contributed by atoms with Crippen molar-refractivity contribution in [2.24, 2.45) is 0 Å². The summed E-state index contributed by atoms with van der Waals surface area (Å²) in [6.45, 7) is 5.20. The van der Waals surface area contributed by atoms with Gasteiger partial charge in [0.2, 0.25) is 0 Å². The van der Waals surface area contributed by atoms with Gasteiger partial charge in [0.15, 0.2) is 6.10 Å². The van der Waals surface area contributed by atoms with Crippen molar-refractivity contribution in [3.63, 3.8) is 0 Å². The van der Waals surface area contributed by atoms with Crippen LogP contribution in [0.25, 0.3) is 0 Å². The van der Waals surface area contributed by atoms with Crippen molar-refractivity contribution in [2.75, 3.05) is 6.61 Å². The zero-order valence-corrected chi connectivity index (χ0v) is 16.9. The summed E-state index contributed by atoms with van der Waals surface area (Å²) in [6, 6.07) is 8.98. The molecule has 1 fully saturated rings. The Kier molecular flexibility index (Phi) is 5.69. The summed E-state index contributed by atoms with van der Waals surface area (Å²) >= 11 is 0. The van der Waals surface area contributed by atoms with Gasteiger partial charge in [0, 0.05) is 11.3 Å². The van der Waals surface area contributed by atoms with E-state index in [0.29, 0.717) is 31.5 Å². The number of aromatic nitrogens is 2. The summed E-state index contributed by atoms with van der Waals surface area (Å²) in [5.74, 6) is 1.58. The van der Waals surface area contributed by atoms with Crippen LogP contribution < -0.4 is 15.0 Å². The van der Waals surface area contributed by atoms with Gasteiger partial charge in [-0.2, -0.15) is 4.98 Å². The molecule has 0 amide bonds. The van der Waals surface area contributed by atoms with Crippen LogP contribution >= 0.6 is 0 Å². The first-order valence-electron chi connectivity index (χ1n) is 10.7. The molecule has 0 N–H and O–H groups in total. The first-order chi connectivity index (χ1) is 13.7. The zero-order chi connectivity index (χ0) is 19.5. The fourth-order valence-electron chi connectivity index (χ4n) is 4.59. The van der Waals surface area contributed by atoms with Crippen LogP contribution in [0.15, 0.2) is 29.1 Å². The fourth-order valence-corrected chi connectivity index (χ4v) is 4.59. The molecule has 0 bridgehead atoms. The minimum Gasteiger partial charge on any atom is -0.490 e. The second-order valence-corrected chi connectivity index (χ2v) is 7.90. The van der Waals surface area contributed by atoms with E-state index in [1.165, 1.54) is 37.7 Å². The Hall–Kier alpha value is -2.30. The van der Waals surface area contributed by atoms with Crippen molar-refractivity contribution < 1.29 is 9.47 Å². The summed E-state index contributed by atoms with van der Waals surface area (Å²) in [4.78, 5) is 16.3. The number of rotatable bonds is 6. The van der Waals surface area contributed by atoms with E-state index in [9.17, 15) is 4.79 Å². The number of benzene rings is 1. The van der Waals surface area contributed by atoms with Crippen LogP contribution in [0, 0.1) is 0 Å². The van der Waals surface area contributed by atoms with Crippen molar-refractivity contribution in [2.45, 2.75) is 77.4 Å². The number of hydrogen-bond donors (Lipinski definition) is 0. The summed E-state index contributed by atoms with van der Waals surface area (Å²) in [5, 5.41) is 0. The second kappa shape index (κ2) is 8.38. The Morgan fingerprint density at radius 3 is 2.54 bits per heavy atom. The normalized spacial score (nSPS) is 19.3. The Bertz CT molecular complexity index is 867. The zero-order valence-electron chi connectivity index (χ0n) is 16.9. The highest BCUT2D eigenvalue weighted by Crippen LogP contribution is 2.33. The van der Waals surface area contributed by atoms with E-state index in [1.54, 1.807) is 0 Å². The number of nitrogens with zero attached hydrogens (tertiary/aromatic N) is 2. The molecule has 1 aliphatic heterocycles. The molecular weight excluding hydrogens is 352 g/mol. The lowest BCUT2D eigenvalue weighted by Gasteiger charge is -2.22. The van der Waals surface area contributed by atoms with Crippen LogP contribution in [0.4, 0.5) is 0 Å². The van der Waals surface area contributed by atoms with E-state index in [1.807, 2.05) is 11.5 Å². The van der Waals surface area contributed by atoms with E-state index in [0.717, 1.165) is 23.4 Å². The van der Waals surface area contributed by atoms with E-state index >= 15 is 0 Å². The minimum absolute atomic E-state index is 0.123. The number of hydrogen-bond acceptors (Lipinski definition) is 4. The van der Waals surface area contributed by atoms with Crippen molar-refractivity contribution in [1.29, 1.82) is 0 Å². The van der Waals surface area contributed by atoms with Gasteiger partial charge in [-0.3, -0.25) is 9.36 Å². The first kappa shape index (κ1) is 19.0. The number of fused-ring (bicyclic) bond motifs is 1. The van der Waals surface area contributed by atoms with Gasteiger partial charge in [0.05, 0.1) is 6.54 Å². The lowest BCUT2D eigenvalue weighted by Crippen LogP contribution is -2.23. The van der Waals surface area contributed by atoms with Crippen LogP contribution in [0.3, 0.4) is 0 Å². The number of ether oxygens (including phenoxy) is 2. The maximum absolute atomic E-state index is 12.2. The maximum Gasteiger partial charge on any atom is 0.300 e. The monoisotopic (exact) mass is 382 g/mol. The third kappa shape index (κ3) is 3.80. The van der Waals surface area contributed by atoms with Gasteiger partial charge in [-0.15, -0.1) is 0 Å². The molecule has 2 aliphatic rings. The Morgan fingerprint density at radius 2 is 1.86 bits per heavy atom. The largest absolute Gasteiger partial charge is 0.490 e. The van der Waals surface area contributed by atoms with Crippen molar-refractivity contribution in [1.82, 2.24) is 9.55 Å². The summed E-state index contributed by atoms with van der Waals surface area (Å²) < 4.78 is 13.9. The van der Waals surface area contributed by atoms with Crippen molar-refractivity contribution in [3.8, 4) is 11.8 Å².